The lowest BCUT2D eigenvalue weighted by atomic mass is 10.2. The highest BCUT2D eigenvalue weighted by Gasteiger charge is 2.18. The molecule has 1 atom stereocenters. The van der Waals surface area contributed by atoms with Gasteiger partial charge in [0.25, 0.3) is 5.91 Å². The maximum absolute atomic E-state index is 12.4. The van der Waals surface area contributed by atoms with E-state index in [1.54, 1.807) is 12.1 Å². The third-order valence-electron chi connectivity index (χ3n) is 3.77. The maximum atomic E-state index is 12.4. The van der Waals surface area contributed by atoms with Gasteiger partial charge in [0.1, 0.15) is 11.5 Å². The van der Waals surface area contributed by atoms with E-state index in [1.165, 1.54) is 0 Å². The summed E-state index contributed by atoms with van der Waals surface area (Å²) in [6.45, 7) is 6.85. The molecular formula is C20H24ClNO3. The summed E-state index contributed by atoms with van der Waals surface area (Å²) < 4.78 is 11.2. The average Bonchev–Trinajstić information content (AvgIpc) is 2.62. The Balaban J connectivity index is 1.91. The van der Waals surface area contributed by atoms with Gasteiger partial charge in [-0.15, -0.1) is 0 Å². The fraction of sp³-hybridized carbons (Fsp3) is 0.350. The van der Waals surface area contributed by atoms with Crippen LogP contribution in [0.3, 0.4) is 0 Å². The van der Waals surface area contributed by atoms with Crippen LogP contribution < -0.4 is 14.8 Å². The largest absolute Gasteiger partial charge is 0.494 e. The number of nitrogens with one attached hydrogen (secondary N) is 1. The van der Waals surface area contributed by atoms with Crippen molar-refractivity contribution in [2.75, 3.05) is 6.61 Å². The Labute approximate surface area is 154 Å². The van der Waals surface area contributed by atoms with E-state index < -0.39 is 6.10 Å². The van der Waals surface area contributed by atoms with E-state index in [-0.39, 0.29) is 5.91 Å². The molecule has 0 bridgehead atoms. The molecule has 0 aliphatic heterocycles. The number of ether oxygens (including phenoxy) is 2. The van der Waals surface area contributed by atoms with Gasteiger partial charge < -0.3 is 14.8 Å². The molecule has 2 rings (SSSR count). The summed E-state index contributed by atoms with van der Waals surface area (Å²) in [5.41, 5.74) is 1.93. The van der Waals surface area contributed by atoms with Crippen LogP contribution in [0.2, 0.25) is 5.02 Å². The molecule has 0 heterocycles. The third-order valence-corrected chi connectivity index (χ3v) is 4.20. The molecule has 0 fully saturated rings. The van der Waals surface area contributed by atoms with Crippen LogP contribution in [0.4, 0.5) is 0 Å². The molecule has 0 aromatic heterocycles. The highest BCUT2D eigenvalue weighted by Crippen LogP contribution is 2.22. The SMILES string of the molecule is CCOc1ccc(CNC(=O)[C@@H](CC)Oc2ccc(Cl)c(C)c2)cc1. The van der Waals surface area contributed by atoms with Crippen LogP contribution >= 0.6 is 11.6 Å². The van der Waals surface area contributed by atoms with E-state index in [0.717, 1.165) is 16.9 Å². The second-order valence-electron chi connectivity index (χ2n) is 5.72. The zero-order valence-electron chi connectivity index (χ0n) is 14.8. The molecule has 1 N–H and O–H groups in total. The van der Waals surface area contributed by atoms with Crippen molar-refractivity contribution in [3.05, 3.63) is 58.6 Å². The van der Waals surface area contributed by atoms with Crippen molar-refractivity contribution in [1.82, 2.24) is 5.32 Å². The Bertz CT molecular complexity index is 701. The molecule has 0 aliphatic rings. The number of benzene rings is 2. The van der Waals surface area contributed by atoms with Crippen LogP contribution in [-0.4, -0.2) is 18.6 Å². The minimum atomic E-state index is -0.539. The van der Waals surface area contributed by atoms with Gasteiger partial charge in [0.15, 0.2) is 6.10 Å². The van der Waals surface area contributed by atoms with Crippen LogP contribution in [0.5, 0.6) is 11.5 Å². The normalized spacial score (nSPS) is 11.7. The lowest BCUT2D eigenvalue weighted by molar-refractivity contribution is -0.128. The van der Waals surface area contributed by atoms with Crippen molar-refractivity contribution < 1.29 is 14.3 Å². The minimum absolute atomic E-state index is 0.135. The molecule has 5 heteroatoms. The number of hydrogen-bond donors (Lipinski definition) is 1. The molecule has 0 radical (unpaired) electrons. The topological polar surface area (TPSA) is 47.6 Å². The Morgan fingerprint density at radius 2 is 1.80 bits per heavy atom. The molecule has 0 unspecified atom stereocenters. The minimum Gasteiger partial charge on any atom is -0.494 e. The number of halogens is 1. The first-order valence-corrected chi connectivity index (χ1v) is 8.83. The number of rotatable bonds is 8. The summed E-state index contributed by atoms with van der Waals surface area (Å²) in [5.74, 6) is 1.33. The molecule has 134 valence electrons. The van der Waals surface area contributed by atoms with Gasteiger partial charge in [-0.05, 0) is 61.7 Å². The van der Waals surface area contributed by atoms with Crippen LogP contribution in [0, 0.1) is 6.92 Å². The predicted molar refractivity (Wildman–Crippen MR) is 100 cm³/mol. The number of amides is 1. The first-order valence-electron chi connectivity index (χ1n) is 8.45. The van der Waals surface area contributed by atoms with Crippen molar-refractivity contribution in [3.63, 3.8) is 0 Å². The standard InChI is InChI=1S/C20H24ClNO3/c1-4-19(25-17-10-11-18(21)14(3)12-17)20(23)22-13-15-6-8-16(9-7-15)24-5-2/h6-12,19H,4-5,13H2,1-3H3,(H,22,23)/t19-/m1/s1. The van der Waals surface area contributed by atoms with Gasteiger partial charge in [-0.2, -0.15) is 0 Å². The molecule has 2 aromatic carbocycles. The quantitative estimate of drug-likeness (QED) is 0.751. The average molecular weight is 362 g/mol. The second-order valence-corrected chi connectivity index (χ2v) is 6.13. The molecule has 0 aliphatic carbocycles. The van der Waals surface area contributed by atoms with E-state index >= 15 is 0 Å². The molecule has 25 heavy (non-hydrogen) atoms. The molecular weight excluding hydrogens is 338 g/mol. The zero-order chi connectivity index (χ0) is 18.2. The monoisotopic (exact) mass is 361 g/mol. The Kier molecular flexibility index (Phi) is 7.14. The Morgan fingerprint density at radius 3 is 2.40 bits per heavy atom. The van der Waals surface area contributed by atoms with Crippen molar-refractivity contribution in [1.29, 1.82) is 0 Å². The van der Waals surface area contributed by atoms with Gasteiger partial charge in [-0.25, -0.2) is 0 Å². The van der Waals surface area contributed by atoms with E-state index in [0.29, 0.717) is 30.3 Å². The first kappa shape index (κ1) is 19.1. The molecule has 0 saturated carbocycles. The van der Waals surface area contributed by atoms with Crippen LogP contribution in [0.15, 0.2) is 42.5 Å². The van der Waals surface area contributed by atoms with Crippen LogP contribution in [-0.2, 0) is 11.3 Å². The van der Waals surface area contributed by atoms with Gasteiger partial charge in [0.2, 0.25) is 0 Å². The molecule has 0 spiro atoms. The molecule has 2 aromatic rings. The number of carbonyl (C=O) groups excluding carboxylic acids is 1. The Morgan fingerprint density at radius 1 is 1.12 bits per heavy atom. The highest BCUT2D eigenvalue weighted by atomic mass is 35.5. The summed E-state index contributed by atoms with van der Waals surface area (Å²) in [7, 11) is 0. The van der Waals surface area contributed by atoms with Crippen molar-refractivity contribution in [2.24, 2.45) is 0 Å². The smallest absolute Gasteiger partial charge is 0.261 e. The van der Waals surface area contributed by atoms with Crippen LogP contribution in [0.1, 0.15) is 31.4 Å². The van der Waals surface area contributed by atoms with E-state index in [9.17, 15) is 4.79 Å². The summed E-state index contributed by atoms with van der Waals surface area (Å²) >= 11 is 6.02. The maximum Gasteiger partial charge on any atom is 0.261 e. The van der Waals surface area contributed by atoms with Crippen molar-refractivity contribution in [2.45, 2.75) is 39.8 Å². The molecule has 1 amide bonds. The molecule has 4 nitrogen and oxygen atoms in total. The van der Waals surface area contributed by atoms with Gasteiger partial charge >= 0.3 is 0 Å². The van der Waals surface area contributed by atoms with E-state index in [2.05, 4.69) is 5.32 Å². The lowest BCUT2D eigenvalue weighted by Crippen LogP contribution is -2.37. The molecule has 0 saturated heterocycles. The fourth-order valence-corrected chi connectivity index (χ4v) is 2.47. The third kappa shape index (κ3) is 5.68. The lowest BCUT2D eigenvalue weighted by Gasteiger charge is -2.18. The van der Waals surface area contributed by atoms with E-state index in [1.807, 2.05) is 51.1 Å². The summed E-state index contributed by atoms with van der Waals surface area (Å²) in [4.78, 5) is 12.4. The number of carbonyl (C=O) groups is 1. The highest BCUT2D eigenvalue weighted by molar-refractivity contribution is 6.31. The number of hydrogen-bond acceptors (Lipinski definition) is 3. The fourth-order valence-electron chi connectivity index (χ4n) is 2.35. The van der Waals surface area contributed by atoms with E-state index in [4.69, 9.17) is 21.1 Å². The summed E-state index contributed by atoms with van der Waals surface area (Å²) in [6.07, 6.45) is 0.0415. The number of aryl methyl sites for hydroxylation is 1. The second kappa shape index (κ2) is 9.33. The first-order chi connectivity index (χ1) is 12.0. The summed E-state index contributed by atoms with van der Waals surface area (Å²) in [5, 5.41) is 3.60. The van der Waals surface area contributed by atoms with Gasteiger partial charge in [-0.3, -0.25) is 4.79 Å². The van der Waals surface area contributed by atoms with Crippen LogP contribution in [0.25, 0.3) is 0 Å². The van der Waals surface area contributed by atoms with Gasteiger partial charge in [-0.1, -0.05) is 30.7 Å². The van der Waals surface area contributed by atoms with Crippen molar-refractivity contribution in [3.8, 4) is 11.5 Å². The predicted octanol–water partition coefficient (Wildman–Crippen LogP) is 4.52. The Hall–Kier alpha value is -2.20. The zero-order valence-corrected chi connectivity index (χ0v) is 15.6. The van der Waals surface area contributed by atoms with Gasteiger partial charge in [0, 0.05) is 11.6 Å². The van der Waals surface area contributed by atoms with Gasteiger partial charge in [0.05, 0.1) is 6.61 Å². The summed E-state index contributed by atoms with van der Waals surface area (Å²) in [6, 6.07) is 13.1. The van der Waals surface area contributed by atoms with Crippen molar-refractivity contribution >= 4 is 17.5 Å².